The summed E-state index contributed by atoms with van der Waals surface area (Å²) in [5, 5.41) is 5.93. The average Bonchev–Trinajstić information content (AvgIpc) is 2.29. The van der Waals surface area contributed by atoms with Gasteiger partial charge in [0.15, 0.2) is 0 Å². The van der Waals surface area contributed by atoms with Crippen molar-refractivity contribution < 1.29 is 9.53 Å². The first-order valence-corrected chi connectivity index (χ1v) is 5.71. The Morgan fingerprint density at radius 3 is 2.65 bits per heavy atom. The molecule has 1 rings (SSSR count). The van der Waals surface area contributed by atoms with Gasteiger partial charge in [-0.3, -0.25) is 4.79 Å². The van der Waals surface area contributed by atoms with E-state index in [1.807, 2.05) is 39.0 Å². The molecule has 17 heavy (non-hydrogen) atoms. The summed E-state index contributed by atoms with van der Waals surface area (Å²) >= 11 is 0. The van der Waals surface area contributed by atoms with E-state index in [1.165, 1.54) is 0 Å². The third-order valence-corrected chi connectivity index (χ3v) is 2.38. The van der Waals surface area contributed by atoms with E-state index in [1.54, 1.807) is 7.11 Å². The second-order valence-corrected chi connectivity index (χ2v) is 4.26. The number of carbonyl (C=O) groups is 1. The molecule has 0 heterocycles. The van der Waals surface area contributed by atoms with Gasteiger partial charge in [0, 0.05) is 11.7 Å². The molecule has 94 valence electrons. The molecule has 1 aromatic carbocycles. The highest BCUT2D eigenvalue weighted by Gasteiger charge is 2.05. The maximum atomic E-state index is 11.6. The number of carbonyl (C=O) groups excluding carboxylic acids is 1. The van der Waals surface area contributed by atoms with E-state index in [2.05, 4.69) is 10.6 Å². The summed E-state index contributed by atoms with van der Waals surface area (Å²) in [7, 11) is 1.62. The van der Waals surface area contributed by atoms with Crippen LogP contribution in [0.1, 0.15) is 19.4 Å². The fraction of sp³-hybridized carbons (Fsp3) is 0.462. The van der Waals surface area contributed by atoms with Gasteiger partial charge in [0.05, 0.1) is 13.7 Å². The highest BCUT2D eigenvalue weighted by atomic mass is 16.5. The van der Waals surface area contributed by atoms with Crippen LogP contribution in [0, 0.1) is 6.92 Å². The summed E-state index contributed by atoms with van der Waals surface area (Å²) in [6.45, 7) is 6.27. The number of anilines is 1. The molecule has 0 unspecified atom stereocenters. The number of amides is 1. The minimum atomic E-state index is -0.0352. The van der Waals surface area contributed by atoms with Crippen LogP contribution in [0.2, 0.25) is 0 Å². The maximum Gasteiger partial charge on any atom is 0.238 e. The first-order valence-electron chi connectivity index (χ1n) is 5.71. The van der Waals surface area contributed by atoms with Crippen LogP contribution in [-0.4, -0.2) is 25.6 Å². The van der Waals surface area contributed by atoms with Crippen LogP contribution in [0.5, 0.6) is 5.75 Å². The molecule has 0 spiro atoms. The van der Waals surface area contributed by atoms with Crippen molar-refractivity contribution in [3.8, 4) is 5.75 Å². The molecular weight excluding hydrogens is 216 g/mol. The van der Waals surface area contributed by atoms with Crippen molar-refractivity contribution in [2.45, 2.75) is 26.8 Å². The zero-order chi connectivity index (χ0) is 12.8. The largest absolute Gasteiger partial charge is 0.497 e. The van der Waals surface area contributed by atoms with E-state index < -0.39 is 0 Å². The van der Waals surface area contributed by atoms with Gasteiger partial charge in [-0.1, -0.05) is 13.8 Å². The first kappa shape index (κ1) is 13.5. The molecule has 1 amide bonds. The van der Waals surface area contributed by atoms with Crippen LogP contribution in [-0.2, 0) is 4.79 Å². The Hall–Kier alpha value is -1.55. The number of nitrogens with one attached hydrogen (secondary N) is 2. The number of rotatable bonds is 5. The second kappa shape index (κ2) is 6.25. The Balaban J connectivity index is 2.59. The molecule has 0 bridgehead atoms. The van der Waals surface area contributed by atoms with Gasteiger partial charge in [-0.05, 0) is 30.7 Å². The molecule has 0 atom stereocenters. The highest BCUT2D eigenvalue weighted by Crippen LogP contribution is 2.20. The summed E-state index contributed by atoms with van der Waals surface area (Å²) in [6, 6.07) is 5.88. The molecule has 0 aliphatic heterocycles. The third kappa shape index (κ3) is 4.44. The van der Waals surface area contributed by atoms with Gasteiger partial charge in [-0.15, -0.1) is 0 Å². The summed E-state index contributed by atoms with van der Waals surface area (Å²) < 4.78 is 5.11. The van der Waals surface area contributed by atoms with Crippen molar-refractivity contribution in [3.05, 3.63) is 23.8 Å². The number of hydrogen-bond acceptors (Lipinski definition) is 3. The maximum absolute atomic E-state index is 11.6. The van der Waals surface area contributed by atoms with Crippen LogP contribution < -0.4 is 15.4 Å². The van der Waals surface area contributed by atoms with E-state index in [-0.39, 0.29) is 5.91 Å². The van der Waals surface area contributed by atoms with Crippen LogP contribution >= 0.6 is 0 Å². The van der Waals surface area contributed by atoms with Gasteiger partial charge in [0.1, 0.15) is 5.75 Å². The average molecular weight is 236 g/mol. The minimum absolute atomic E-state index is 0.0352. The molecule has 0 fully saturated rings. The standard InChI is InChI=1S/C13H20N2O2/c1-9(2)14-8-13(16)15-12-6-5-11(17-4)7-10(12)3/h5-7,9,14H,8H2,1-4H3,(H,15,16). The van der Waals surface area contributed by atoms with Crippen molar-refractivity contribution in [1.29, 1.82) is 0 Å². The number of hydrogen-bond donors (Lipinski definition) is 2. The summed E-state index contributed by atoms with van der Waals surface area (Å²) in [5.74, 6) is 0.757. The van der Waals surface area contributed by atoms with E-state index >= 15 is 0 Å². The lowest BCUT2D eigenvalue weighted by Crippen LogP contribution is -2.32. The van der Waals surface area contributed by atoms with Crippen molar-refractivity contribution in [3.63, 3.8) is 0 Å². The van der Waals surface area contributed by atoms with Gasteiger partial charge in [-0.25, -0.2) is 0 Å². The Kier molecular flexibility index (Phi) is 4.97. The molecule has 0 saturated carbocycles. The van der Waals surface area contributed by atoms with Crippen molar-refractivity contribution >= 4 is 11.6 Å². The number of benzene rings is 1. The first-order chi connectivity index (χ1) is 8.02. The number of methoxy groups -OCH3 is 1. The van der Waals surface area contributed by atoms with Crippen molar-refractivity contribution in [2.24, 2.45) is 0 Å². The van der Waals surface area contributed by atoms with Gasteiger partial charge >= 0.3 is 0 Å². The smallest absolute Gasteiger partial charge is 0.238 e. The fourth-order valence-electron chi connectivity index (χ4n) is 1.39. The van der Waals surface area contributed by atoms with Gasteiger partial charge in [0.25, 0.3) is 0 Å². The predicted molar refractivity (Wildman–Crippen MR) is 69.5 cm³/mol. The van der Waals surface area contributed by atoms with Crippen LogP contribution in [0.4, 0.5) is 5.69 Å². The Morgan fingerprint density at radius 1 is 1.41 bits per heavy atom. The molecule has 0 aromatic heterocycles. The topological polar surface area (TPSA) is 50.4 Å². The lowest BCUT2D eigenvalue weighted by Gasteiger charge is -2.11. The molecule has 0 aliphatic rings. The normalized spacial score (nSPS) is 10.4. The van der Waals surface area contributed by atoms with Gasteiger partial charge < -0.3 is 15.4 Å². The van der Waals surface area contributed by atoms with Gasteiger partial charge in [-0.2, -0.15) is 0 Å². The Bertz CT molecular complexity index is 389. The highest BCUT2D eigenvalue weighted by molar-refractivity contribution is 5.93. The Morgan fingerprint density at radius 2 is 2.12 bits per heavy atom. The van der Waals surface area contributed by atoms with Gasteiger partial charge in [0.2, 0.25) is 5.91 Å². The van der Waals surface area contributed by atoms with E-state index in [4.69, 9.17) is 4.74 Å². The molecule has 1 aromatic rings. The zero-order valence-corrected chi connectivity index (χ0v) is 10.8. The molecule has 0 aliphatic carbocycles. The lowest BCUT2D eigenvalue weighted by molar-refractivity contribution is -0.115. The summed E-state index contributed by atoms with van der Waals surface area (Å²) in [5.41, 5.74) is 1.81. The number of ether oxygens (including phenoxy) is 1. The molecule has 2 N–H and O–H groups in total. The summed E-state index contributed by atoms with van der Waals surface area (Å²) in [6.07, 6.45) is 0. The van der Waals surface area contributed by atoms with Crippen molar-refractivity contribution in [2.75, 3.05) is 19.0 Å². The minimum Gasteiger partial charge on any atom is -0.497 e. The molecule has 4 heteroatoms. The van der Waals surface area contributed by atoms with E-state index in [0.717, 1.165) is 17.0 Å². The van der Waals surface area contributed by atoms with Crippen LogP contribution in [0.15, 0.2) is 18.2 Å². The van der Waals surface area contributed by atoms with E-state index in [0.29, 0.717) is 12.6 Å². The zero-order valence-electron chi connectivity index (χ0n) is 10.8. The predicted octanol–water partition coefficient (Wildman–Crippen LogP) is 1.94. The van der Waals surface area contributed by atoms with Crippen molar-refractivity contribution in [1.82, 2.24) is 5.32 Å². The second-order valence-electron chi connectivity index (χ2n) is 4.26. The fourth-order valence-corrected chi connectivity index (χ4v) is 1.39. The quantitative estimate of drug-likeness (QED) is 0.821. The Labute approximate surface area is 102 Å². The SMILES string of the molecule is COc1ccc(NC(=O)CNC(C)C)c(C)c1. The summed E-state index contributed by atoms with van der Waals surface area (Å²) in [4.78, 5) is 11.6. The molecular formula is C13H20N2O2. The molecule has 0 saturated heterocycles. The third-order valence-electron chi connectivity index (χ3n) is 2.38. The monoisotopic (exact) mass is 236 g/mol. The molecule has 0 radical (unpaired) electrons. The van der Waals surface area contributed by atoms with Crippen LogP contribution in [0.25, 0.3) is 0 Å². The van der Waals surface area contributed by atoms with Crippen LogP contribution in [0.3, 0.4) is 0 Å². The number of aryl methyl sites for hydroxylation is 1. The molecule has 4 nitrogen and oxygen atoms in total. The lowest BCUT2D eigenvalue weighted by atomic mass is 10.2. The van der Waals surface area contributed by atoms with E-state index in [9.17, 15) is 4.79 Å².